The number of hydrogen-bond acceptors (Lipinski definition) is 4. The molecule has 0 saturated carbocycles. The molecule has 0 fully saturated rings. The number of methoxy groups -OCH3 is 1. The van der Waals surface area contributed by atoms with Crippen molar-refractivity contribution in [1.82, 2.24) is 9.29 Å². The molecular weight excluding hydrogens is 391 g/mol. The molecule has 0 saturated heterocycles. The van der Waals surface area contributed by atoms with Crippen molar-refractivity contribution in [2.45, 2.75) is 11.8 Å². The van der Waals surface area contributed by atoms with E-state index in [1.165, 1.54) is 18.4 Å². The van der Waals surface area contributed by atoms with Gasteiger partial charge >= 0.3 is 0 Å². The molecule has 0 radical (unpaired) electrons. The highest BCUT2D eigenvalue weighted by molar-refractivity contribution is 14.1. The van der Waals surface area contributed by atoms with Crippen LogP contribution in [0.15, 0.2) is 23.1 Å². The minimum atomic E-state index is -3.53. The molecule has 20 heavy (non-hydrogen) atoms. The van der Waals surface area contributed by atoms with Gasteiger partial charge in [0.05, 0.1) is 15.6 Å². The van der Waals surface area contributed by atoms with E-state index >= 15 is 0 Å². The van der Waals surface area contributed by atoms with E-state index in [1.807, 2.05) is 6.92 Å². The van der Waals surface area contributed by atoms with Gasteiger partial charge in [0, 0.05) is 25.2 Å². The highest BCUT2D eigenvalue weighted by Gasteiger charge is 2.24. The van der Waals surface area contributed by atoms with E-state index in [-0.39, 0.29) is 4.90 Å². The molecule has 0 bridgehead atoms. The molecule has 0 aliphatic heterocycles. The van der Waals surface area contributed by atoms with Gasteiger partial charge < -0.3 is 4.74 Å². The molecule has 0 atom stereocenters. The normalized spacial score (nSPS) is 12.1. The van der Waals surface area contributed by atoms with Crippen molar-refractivity contribution < 1.29 is 13.2 Å². The summed E-state index contributed by atoms with van der Waals surface area (Å²) in [5, 5.41) is 0.571. The van der Waals surface area contributed by atoms with Crippen molar-refractivity contribution in [2.24, 2.45) is 0 Å². The lowest BCUT2D eigenvalue weighted by Crippen LogP contribution is -2.22. The lowest BCUT2D eigenvalue weighted by Gasteiger charge is -2.16. The van der Waals surface area contributed by atoms with Gasteiger partial charge in [-0.05, 0) is 47.7 Å². The monoisotopic (exact) mass is 406 g/mol. The number of rotatable bonds is 3. The zero-order valence-electron chi connectivity index (χ0n) is 11.6. The number of aryl methyl sites for hydroxylation is 1. The Balaban J connectivity index is 2.95. The molecule has 1 aromatic carbocycles. The van der Waals surface area contributed by atoms with Gasteiger partial charge in [0.2, 0.25) is 10.0 Å². The first-order valence-electron chi connectivity index (χ1n) is 5.85. The van der Waals surface area contributed by atoms with Crippen LogP contribution < -0.4 is 4.74 Å². The second-order valence-corrected chi connectivity index (χ2v) is 7.81. The Labute approximate surface area is 132 Å². The summed E-state index contributed by atoms with van der Waals surface area (Å²) in [5.74, 6) is 0.599. The number of halogens is 1. The van der Waals surface area contributed by atoms with Crippen LogP contribution in [-0.4, -0.2) is 38.9 Å². The van der Waals surface area contributed by atoms with Crippen LogP contribution in [0.5, 0.6) is 5.75 Å². The second-order valence-electron chi connectivity index (χ2n) is 4.53. The third-order valence-corrected chi connectivity index (χ3v) is 5.61. The van der Waals surface area contributed by atoms with Crippen molar-refractivity contribution in [3.05, 3.63) is 27.5 Å². The highest BCUT2D eigenvalue weighted by Crippen LogP contribution is 2.35. The summed E-state index contributed by atoms with van der Waals surface area (Å²) in [6, 6.07) is 5.18. The fraction of sp³-hybridized carbons (Fsp3) is 0.308. The Bertz CT molecular complexity index is 773. The predicted molar refractivity (Wildman–Crippen MR) is 86.6 cm³/mol. The van der Waals surface area contributed by atoms with E-state index in [9.17, 15) is 8.42 Å². The Morgan fingerprint density at radius 2 is 1.95 bits per heavy atom. The summed E-state index contributed by atoms with van der Waals surface area (Å²) < 4.78 is 32.2. The number of aromatic nitrogens is 1. The van der Waals surface area contributed by atoms with E-state index in [4.69, 9.17) is 4.74 Å². The molecule has 5 nitrogen and oxygen atoms in total. The van der Waals surface area contributed by atoms with Crippen molar-refractivity contribution in [3.63, 3.8) is 0 Å². The molecule has 2 rings (SSSR count). The zero-order chi connectivity index (χ0) is 15.1. The summed E-state index contributed by atoms with van der Waals surface area (Å²) >= 11 is 2.06. The van der Waals surface area contributed by atoms with Gasteiger partial charge in [-0.1, -0.05) is 0 Å². The molecule has 0 aliphatic carbocycles. The quantitative estimate of drug-likeness (QED) is 0.735. The van der Waals surface area contributed by atoms with E-state index < -0.39 is 10.0 Å². The summed E-state index contributed by atoms with van der Waals surface area (Å²) in [7, 11) is 1.05. The number of nitrogens with zero attached hydrogens (tertiary/aromatic N) is 2. The van der Waals surface area contributed by atoms with E-state index in [0.717, 1.165) is 9.26 Å². The SMILES string of the molecule is COc1c(I)cc(S(=O)(=O)N(C)C)c2ccc(C)nc12. The smallest absolute Gasteiger partial charge is 0.243 e. The molecule has 0 spiro atoms. The highest BCUT2D eigenvalue weighted by atomic mass is 127. The molecule has 2 aromatic rings. The molecule has 0 amide bonds. The molecule has 0 N–H and O–H groups in total. The Kier molecular flexibility index (Phi) is 4.22. The number of hydrogen-bond donors (Lipinski definition) is 0. The van der Waals surface area contributed by atoms with Crippen LogP contribution in [0.2, 0.25) is 0 Å². The second kappa shape index (κ2) is 5.45. The van der Waals surface area contributed by atoms with Crippen LogP contribution in [0, 0.1) is 10.5 Å². The van der Waals surface area contributed by atoms with Gasteiger partial charge in [-0.2, -0.15) is 0 Å². The minimum Gasteiger partial charge on any atom is -0.493 e. The van der Waals surface area contributed by atoms with E-state index in [1.54, 1.807) is 25.3 Å². The molecular formula is C13H15IN2O3S. The van der Waals surface area contributed by atoms with Gasteiger partial charge in [0.25, 0.3) is 0 Å². The number of sulfonamides is 1. The fourth-order valence-electron chi connectivity index (χ4n) is 1.90. The lowest BCUT2D eigenvalue weighted by atomic mass is 10.2. The summed E-state index contributed by atoms with van der Waals surface area (Å²) in [6.07, 6.45) is 0. The van der Waals surface area contributed by atoms with Crippen molar-refractivity contribution >= 4 is 43.5 Å². The number of ether oxygens (including phenoxy) is 1. The van der Waals surface area contributed by atoms with Gasteiger partial charge in [0.15, 0.2) is 5.75 Å². The van der Waals surface area contributed by atoms with Crippen LogP contribution in [0.3, 0.4) is 0 Å². The first kappa shape index (κ1) is 15.5. The molecule has 7 heteroatoms. The average molecular weight is 406 g/mol. The first-order chi connectivity index (χ1) is 9.28. The topological polar surface area (TPSA) is 59.5 Å². The summed E-state index contributed by atoms with van der Waals surface area (Å²) in [5.41, 5.74) is 1.38. The lowest BCUT2D eigenvalue weighted by molar-refractivity contribution is 0.415. The molecule has 108 valence electrons. The number of pyridine rings is 1. The third-order valence-electron chi connectivity index (χ3n) is 2.95. The summed E-state index contributed by atoms with van der Waals surface area (Å²) in [6.45, 7) is 1.86. The van der Waals surface area contributed by atoms with Gasteiger partial charge in [-0.25, -0.2) is 17.7 Å². The summed E-state index contributed by atoms with van der Waals surface area (Å²) in [4.78, 5) is 4.67. The van der Waals surface area contributed by atoms with Crippen LogP contribution in [0.1, 0.15) is 5.69 Å². The third kappa shape index (κ3) is 2.49. The predicted octanol–water partition coefficient (Wildman–Crippen LogP) is 2.41. The van der Waals surface area contributed by atoms with E-state index in [0.29, 0.717) is 16.7 Å². The molecule has 0 unspecified atom stereocenters. The zero-order valence-corrected chi connectivity index (χ0v) is 14.6. The maximum Gasteiger partial charge on any atom is 0.243 e. The molecule has 1 heterocycles. The minimum absolute atomic E-state index is 0.246. The van der Waals surface area contributed by atoms with Gasteiger partial charge in [0.1, 0.15) is 5.52 Å². The van der Waals surface area contributed by atoms with Crippen LogP contribution in [0.25, 0.3) is 10.9 Å². The average Bonchev–Trinajstić information content (AvgIpc) is 2.37. The van der Waals surface area contributed by atoms with Gasteiger partial charge in [-0.3, -0.25) is 0 Å². The number of fused-ring (bicyclic) bond motifs is 1. The van der Waals surface area contributed by atoms with Crippen molar-refractivity contribution in [2.75, 3.05) is 21.2 Å². The maximum absolute atomic E-state index is 12.4. The Morgan fingerprint density at radius 1 is 1.30 bits per heavy atom. The van der Waals surface area contributed by atoms with Crippen molar-refractivity contribution in [1.29, 1.82) is 0 Å². The van der Waals surface area contributed by atoms with Crippen LogP contribution in [0.4, 0.5) is 0 Å². The largest absolute Gasteiger partial charge is 0.493 e. The number of benzene rings is 1. The van der Waals surface area contributed by atoms with Crippen LogP contribution in [-0.2, 0) is 10.0 Å². The van der Waals surface area contributed by atoms with Crippen LogP contribution >= 0.6 is 22.6 Å². The standard InChI is InChI=1S/C13H15IN2O3S/c1-8-5-6-9-11(20(17,18)16(2)3)7-10(14)13(19-4)12(9)15-8/h5-7H,1-4H3. The molecule has 1 aromatic heterocycles. The Morgan fingerprint density at radius 3 is 2.50 bits per heavy atom. The van der Waals surface area contributed by atoms with E-state index in [2.05, 4.69) is 27.6 Å². The molecule has 0 aliphatic rings. The van der Waals surface area contributed by atoms with Gasteiger partial charge in [-0.15, -0.1) is 0 Å². The fourth-order valence-corrected chi connectivity index (χ4v) is 4.01. The van der Waals surface area contributed by atoms with Crippen molar-refractivity contribution in [3.8, 4) is 5.75 Å². The first-order valence-corrected chi connectivity index (χ1v) is 8.37. The Hall–Kier alpha value is -0.930. The maximum atomic E-state index is 12.4.